The average Bonchev–Trinajstić information content (AvgIpc) is 3.17. The largest absolute Gasteiger partial charge is 0.469 e. The lowest BCUT2D eigenvalue weighted by molar-refractivity contribution is -0.139. The summed E-state index contributed by atoms with van der Waals surface area (Å²) >= 11 is 1.82. The number of esters is 1. The number of carbonyl (C=O) groups is 1. The van der Waals surface area contributed by atoms with Crippen molar-refractivity contribution in [1.29, 1.82) is 0 Å². The second kappa shape index (κ2) is 6.02. The Bertz CT molecular complexity index is 928. The Morgan fingerprint density at radius 3 is 2.79 bits per heavy atom. The number of nitrogens with zero attached hydrogens (tertiary/aromatic N) is 1. The molecule has 1 aromatic carbocycles. The number of ether oxygens (including phenoxy) is 1. The molecule has 3 aromatic rings. The van der Waals surface area contributed by atoms with Crippen LogP contribution in [0.5, 0.6) is 0 Å². The van der Waals surface area contributed by atoms with Gasteiger partial charge in [-0.1, -0.05) is 30.3 Å². The van der Waals surface area contributed by atoms with Crippen LogP contribution in [-0.2, 0) is 28.8 Å². The summed E-state index contributed by atoms with van der Waals surface area (Å²) in [6.45, 7) is 2.00. The van der Waals surface area contributed by atoms with Crippen molar-refractivity contribution in [3.63, 3.8) is 0 Å². The molecular weight excluding hydrogens is 318 g/mol. The van der Waals surface area contributed by atoms with Gasteiger partial charge in [0.25, 0.3) is 0 Å². The second-order valence-electron chi connectivity index (χ2n) is 6.21. The lowest BCUT2D eigenvalue weighted by atomic mass is 9.92. The first-order valence-electron chi connectivity index (χ1n) is 8.25. The van der Waals surface area contributed by atoms with Crippen LogP contribution in [0.1, 0.15) is 28.1 Å². The third kappa shape index (κ3) is 2.42. The van der Waals surface area contributed by atoms with Gasteiger partial charge in [0.1, 0.15) is 4.83 Å². The van der Waals surface area contributed by atoms with Crippen LogP contribution < -0.4 is 0 Å². The van der Waals surface area contributed by atoms with Crippen LogP contribution in [0.4, 0.5) is 0 Å². The maximum absolute atomic E-state index is 12.0. The lowest BCUT2D eigenvalue weighted by Crippen LogP contribution is -2.09. The fourth-order valence-corrected chi connectivity index (χ4v) is 4.95. The Hall–Kier alpha value is -2.20. The number of aryl methyl sites for hydroxylation is 3. The predicted octanol–water partition coefficient (Wildman–Crippen LogP) is 4.48. The number of methoxy groups -OCH3 is 1. The molecule has 0 atom stereocenters. The zero-order valence-electron chi connectivity index (χ0n) is 13.9. The Balaban J connectivity index is 2.06. The number of hydrogen-bond donors (Lipinski definition) is 0. The number of aromatic nitrogens is 1. The van der Waals surface area contributed by atoms with Gasteiger partial charge in [0.15, 0.2) is 0 Å². The number of pyridine rings is 1. The van der Waals surface area contributed by atoms with E-state index in [0.29, 0.717) is 0 Å². The number of benzene rings is 1. The Labute approximate surface area is 145 Å². The molecule has 2 heterocycles. The highest BCUT2D eigenvalue weighted by atomic mass is 32.1. The fraction of sp³-hybridized carbons (Fsp3) is 0.300. The minimum absolute atomic E-state index is 0.219. The van der Waals surface area contributed by atoms with E-state index in [2.05, 4.69) is 12.1 Å². The molecule has 0 aliphatic heterocycles. The minimum atomic E-state index is -0.219. The average molecular weight is 337 g/mol. The van der Waals surface area contributed by atoms with Crippen LogP contribution in [-0.4, -0.2) is 18.1 Å². The molecule has 0 fully saturated rings. The summed E-state index contributed by atoms with van der Waals surface area (Å²) < 4.78 is 4.92. The lowest BCUT2D eigenvalue weighted by Gasteiger charge is -2.14. The molecule has 0 spiro atoms. The quantitative estimate of drug-likeness (QED) is 0.662. The van der Waals surface area contributed by atoms with Gasteiger partial charge >= 0.3 is 5.97 Å². The SMILES string of the molecule is COC(=O)Cc1c(C)nc2sc3c(c2c1-c1ccccc1)CCC3. The fourth-order valence-electron chi connectivity index (χ4n) is 3.63. The summed E-state index contributed by atoms with van der Waals surface area (Å²) in [5.41, 5.74) is 5.68. The van der Waals surface area contributed by atoms with E-state index in [0.717, 1.165) is 34.5 Å². The Morgan fingerprint density at radius 2 is 2.04 bits per heavy atom. The molecule has 0 unspecified atom stereocenters. The van der Waals surface area contributed by atoms with E-state index < -0.39 is 0 Å². The van der Waals surface area contributed by atoms with Crippen molar-refractivity contribution >= 4 is 27.5 Å². The van der Waals surface area contributed by atoms with Crippen molar-refractivity contribution in [1.82, 2.24) is 4.98 Å². The number of carbonyl (C=O) groups excluding carboxylic acids is 1. The summed E-state index contributed by atoms with van der Waals surface area (Å²) in [7, 11) is 1.44. The maximum Gasteiger partial charge on any atom is 0.310 e. The number of fused-ring (bicyclic) bond motifs is 3. The number of thiophene rings is 1. The molecule has 0 N–H and O–H groups in total. The monoisotopic (exact) mass is 337 g/mol. The van der Waals surface area contributed by atoms with E-state index in [4.69, 9.17) is 9.72 Å². The van der Waals surface area contributed by atoms with Gasteiger partial charge in [0.2, 0.25) is 0 Å². The molecule has 1 aliphatic carbocycles. The van der Waals surface area contributed by atoms with Gasteiger partial charge in [-0.25, -0.2) is 4.98 Å². The third-order valence-electron chi connectivity index (χ3n) is 4.77. The summed E-state index contributed by atoms with van der Waals surface area (Å²) in [6, 6.07) is 10.4. The Kier molecular flexibility index (Phi) is 3.85. The molecule has 0 amide bonds. The van der Waals surface area contributed by atoms with E-state index in [9.17, 15) is 4.79 Å². The summed E-state index contributed by atoms with van der Waals surface area (Å²) in [5, 5.41) is 1.25. The van der Waals surface area contributed by atoms with E-state index in [1.165, 1.54) is 34.9 Å². The zero-order chi connectivity index (χ0) is 16.7. The van der Waals surface area contributed by atoms with E-state index in [-0.39, 0.29) is 12.4 Å². The predicted molar refractivity (Wildman–Crippen MR) is 97.5 cm³/mol. The molecular formula is C20H19NO2S. The maximum atomic E-state index is 12.0. The van der Waals surface area contributed by atoms with Crippen LogP contribution in [0, 0.1) is 6.92 Å². The van der Waals surface area contributed by atoms with E-state index in [1.54, 1.807) is 0 Å². The normalized spacial score (nSPS) is 13.2. The standard InChI is InChI=1S/C20H19NO2S/c1-12-15(11-17(22)23-2)18(13-7-4-3-5-8-13)19-14-9-6-10-16(14)24-20(19)21-12/h3-5,7-8H,6,9-11H2,1-2H3. The third-order valence-corrected chi connectivity index (χ3v) is 5.96. The van der Waals surface area contributed by atoms with Crippen LogP contribution in [0.3, 0.4) is 0 Å². The van der Waals surface area contributed by atoms with Gasteiger partial charge in [-0.15, -0.1) is 11.3 Å². The van der Waals surface area contributed by atoms with Crippen LogP contribution in [0.2, 0.25) is 0 Å². The first-order valence-corrected chi connectivity index (χ1v) is 9.06. The molecule has 3 nitrogen and oxygen atoms in total. The van der Waals surface area contributed by atoms with E-state index >= 15 is 0 Å². The Morgan fingerprint density at radius 1 is 1.25 bits per heavy atom. The molecule has 4 rings (SSSR count). The van der Waals surface area contributed by atoms with Crippen LogP contribution in [0.25, 0.3) is 21.3 Å². The summed E-state index contributed by atoms with van der Waals surface area (Å²) in [5.74, 6) is -0.219. The van der Waals surface area contributed by atoms with Crippen molar-refractivity contribution < 1.29 is 9.53 Å². The first-order chi connectivity index (χ1) is 11.7. The van der Waals surface area contributed by atoms with Gasteiger partial charge in [-0.05, 0) is 48.4 Å². The minimum Gasteiger partial charge on any atom is -0.469 e. The van der Waals surface area contributed by atoms with Gasteiger partial charge < -0.3 is 4.74 Å². The van der Waals surface area contributed by atoms with Crippen LogP contribution >= 0.6 is 11.3 Å². The van der Waals surface area contributed by atoms with Crippen molar-refractivity contribution in [2.24, 2.45) is 0 Å². The molecule has 122 valence electrons. The molecule has 0 saturated carbocycles. The van der Waals surface area contributed by atoms with Crippen molar-refractivity contribution in [2.75, 3.05) is 7.11 Å². The molecule has 0 saturated heterocycles. The molecule has 2 aromatic heterocycles. The smallest absolute Gasteiger partial charge is 0.310 e. The van der Waals surface area contributed by atoms with Gasteiger partial charge in [-0.3, -0.25) is 4.79 Å². The molecule has 24 heavy (non-hydrogen) atoms. The second-order valence-corrected chi connectivity index (χ2v) is 7.29. The molecule has 0 radical (unpaired) electrons. The molecule has 0 bridgehead atoms. The number of hydrogen-bond acceptors (Lipinski definition) is 4. The van der Waals surface area contributed by atoms with Gasteiger partial charge in [-0.2, -0.15) is 0 Å². The van der Waals surface area contributed by atoms with Crippen molar-refractivity contribution in [3.05, 3.63) is 52.0 Å². The van der Waals surface area contributed by atoms with Gasteiger partial charge in [0.05, 0.1) is 13.5 Å². The van der Waals surface area contributed by atoms with Crippen molar-refractivity contribution in [3.8, 4) is 11.1 Å². The van der Waals surface area contributed by atoms with Crippen molar-refractivity contribution in [2.45, 2.75) is 32.6 Å². The van der Waals surface area contributed by atoms with E-state index in [1.807, 2.05) is 36.5 Å². The number of rotatable bonds is 3. The highest BCUT2D eigenvalue weighted by Crippen LogP contribution is 2.43. The molecule has 4 heteroatoms. The summed E-state index contributed by atoms with van der Waals surface area (Å²) in [6.07, 6.45) is 3.74. The molecule has 1 aliphatic rings. The highest BCUT2D eigenvalue weighted by molar-refractivity contribution is 7.19. The van der Waals surface area contributed by atoms with Gasteiger partial charge in [0, 0.05) is 16.0 Å². The summed E-state index contributed by atoms with van der Waals surface area (Å²) in [4.78, 5) is 19.4. The topological polar surface area (TPSA) is 39.2 Å². The van der Waals surface area contributed by atoms with Crippen LogP contribution in [0.15, 0.2) is 30.3 Å². The first kappa shape index (κ1) is 15.3. The zero-order valence-corrected chi connectivity index (χ0v) is 14.7. The highest BCUT2D eigenvalue weighted by Gasteiger charge is 2.25.